The van der Waals surface area contributed by atoms with Gasteiger partial charge in [-0.2, -0.15) is 0 Å². The topological polar surface area (TPSA) is 3.24 Å². The van der Waals surface area contributed by atoms with Crippen LogP contribution in [0.3, 0.4) is 0 Å². The van der Waals surface area contributed by atoms with E-state index in [0.29, 0.717) is 5.92 Å². The normalized spacial score (nSPS) is 17.5. The first-order valence-corrected chi connectivity index (χ1v) is 7.93. The number of para-hydroxylation sites is 3. The molecule has 0 radical (unpaired) electrons. The first-order valence-electron chi connectivity index (χ1n) is 7.93. The van der Waals surface area contributed by atoms with Crippen molar-refractivity contribution in [1.82, 2.24) is 0 Å². The summed E-state index contributed by atoms with van der Waals surface area (Å²) in [7, 11) is 0. The van der Waals surface area contributed by atoms with E-state index >= 15 is 0 Å². The number of hydrogen-bond donors (Lipinski definition) is 0. The molecule has 0 amide bonds. The van der Waals surface area contributed by atoms with E-state index in [1.54, 1.807) is 0 Å². The maximum Gasteiger partial charge on any atom is 0.0535 e. The van der Waals surface area contributed by atoms with E-state index < -0.39 is 0 Å². The van der Waals surface area contributed by atoms with Crippen molar-refractivity contribution in [2.45, 2.75) is 19.3 Å². The highest BCUT2D eigenvalue weighted by atomic mass is 15.2. The zero-order chi connectivity index (χ0) is 14.7. The van der Waals surface area contributed by atoms with Crippen molar-refractivity contribution in [3.8, 4) is 0 Å². The quantitative estimate of drug-likeness (QED) is 0.410. The smallest absolute Gasteiger partial charge is 0.0535 e. The molecule has 3 aromatic carbocycles. The summed E-state index contributed by atoms with van der Waals surface area (Å²) in [5.74, 6) is 0.452. The van der Waals surface area contributed by atoms with Gasteiger partial charge < -0.3 is 4.90 Å². The molecular formula is C21H17N. The molecule has 2 aliphatic heterocycles. The van der Waals surface area contributed by atoms with Crippen molar-refractivity contribution < 1.29 is 0 Å². The van der Waals surface area contributed by atoms with Gasteiger partial charge in [0, 0.05) is 23.7 Å². The summed E-state index contributed by atoms with van der Waals surface area (Å²) in [6.45, 7) is 2.33. The first kappa shape index (κ1) is 12.0. The molecule has 0 spiro atoms. The van der Waals surface area contributed by atoms with Crippen molar-refractivity contribution in [3.63, 3.8) is 0 Å². The second-order valence-electron chi connectivity index (χ2n) is 6.28. The van der Waals surface area contributed by atoms with Crippen LogP contribution in [0.1, 0.15) is 35.1 Å². The number of hydrogen-bond acceptors (Lipinski definition) is 1. The van der Waals surface area contributed by atoms with E-state index in [9.17, 15) is 0 Å². The minimum Gasteiger partial charge on any atom is -0.309 e. The third kappa shape index (κ3) is 1.43. The number of anilines is 3. The van der Waals surface area contributed by atoms with Gasteiger partial charge >= 0.3 is 0 Å². The highest BCUT2D eigenvalue weighted by Crippen LogP contribution is 2.53. The van der Waals surface area contributed by atoms with Crippen molar-refractivity contribution in [2.24, 2.45) is 0 Å². The third-order valence-corrected chi connectivity index (χ3v) is 5.10. The van der Waals surface area contributed by atoms with Crippen LogP contribution in [0.4, 0.5) is 17.1 Å². The van der Waals surface area contributed by atoms with Crippen molar-refractivity contribution in [3.05, 3.63) is 89.0 Å². The van der Waals surface area contributed by atoms with Gasteiger partial charge in [0.15, 0.2) is 0 Å². The second-order valence-corrected chi connectivity index (χ2v) is 6.28. The van der Waals surface area contributed by atoms with E-state index in [1.165, 1.54) is 39.3 Å². The molecule has 22 heavy (non-hydrogen) atoms. The maximum atomic E-state index is 2.47. The Kier molecular flexibility index (Phi) is 2.32. The lowest BCUT2D eigenvalue weighted by Crippen LogP contribution is -2.25. The summed E-state index contributed by atoms with van der Waals surface area (Å²) in [6, 6.07) is 24.4. The number of nitrogens with zero attached hydrogens (tertiary/aromatic N) is 1. The summed E-state index contributed by atoms with van der Waals surface area (Å²) >= 11 is 0. The minimum atomic E-state index is 0.452. The predicted molar refractivity (Wildman–Crippen MR) is 91.4 cm³/mol. The maximum absolute atomic E-state index is 2.47. The molecule has 0 bridgehead atoms. The molecule has 0 aliphatic carbocycles. The molecule has 0 aromatic heterocycles. The van der Waals surface area contributed by atoms with Crippen molar-refractivity contribution >= 4 is 17.1 Å². The highest BCUT2D eigenvalue weighted by Gasteiger charge is 2.33. The van der Waals surface area contributed by atoms with Gasteiger partial charge in [-0.25, -0.2) is 0 Å². The lowest BCUT2D eigenvalue weighted by molar-refractivity contribution is 0.876. The Balaban J connectivity index is 1.90. The second kappa shape index (κ2) is 4.23. The summed E-state index contributed by atoms with van der Waals surface area (Å²) in [5.41, 5.74) is 9.81. The lowest BCUT2D eigenvalue weighted by atomic mass is 9.81. The molecule has 1 atom stereocenters. The highest BCUT2D eigenvalue weighted by molar-refractivity contribution is 5.89. The summed E-state index contributed by atoms with van der Waals surface area (Å²) < 4.78 is 0. The molecule has 1 unspecified atom stereocenters. The summed E-state index contributed by atoms with van der Waals surface area (Å²) in [6.07, 6.45) is 1.03. The molecule has 3 aromatic rings. The zero-order valence-corrected chi connectivity index (χ0v) is 12.6. The Hall–Kier alpha value is -2.54. The third-order valence-electron chi connectivity index (χ3n) is 5.10. The predicted octanol–water partition coefficient (Wildman–Crippen LogP) is 5.53. The molecule has 1 nitrogen and oxygen atoms in total. The monoisotopic (exact) mass is 283 g/mol. The summed E-state index contributed by atoms with van der Waals surface area (Å²) in [5, 5.41) is 0. The fourth-order valence-electron chi connectivity index (χ4n) is 4.06. The Morgan fingerprint density at radius 1 is 0.727 bits per heavy atom. The van der Waals surface area contributed by atoms with Crippen molar-refractivity contribution in [1.29, 1.82) is 0 Å². The van der Waals surface area contributed by atoms with Crippen molar-refractivity contribution in [2.75, 3.05) is 4.90 Å². The Morgan fingerprint density at radius 2 is 1.41 bits per heavy atom. The number of fused-ring (bicyclic) bond motifs is 4. The average Bonchev–Trinajstić information content (AvgIpc) is 2.58. The molecule has 0 N–H and O–H groups in total. The SMILES string of the molecule is CC1c2ccccc2N2c3ccccc3Cc3cccc1c32. The zero-order valence-electron chi connectivity index (χ0n) is 12.6. The lowest BCUT2D eigenvalue weighted by Gasteiger charge is -2.41. The standard InChI is InChI=1S/C21H17N/c1-14-17-9-3-5-12-20(17)22-19-11-4-2-7-15(19)13-16-8-6-10-18(14)21(16)22/h2-12,14H,13H2,1H3. The van der Waals surface area contributed by atoms with Crippen LogP contribution in [0.2, 0.25) is 0 Å². The Morgan fingerprint density at radius 3 is 2.32 bits per heavy atom. The van der Waals surface area contributed by atoms with Crippen LogP contribution >= 0.6 is 0 Å². The Labute approximate surface area is 130 Å². The fraction of sp³-hybridized carbons (Fsp3) is 0.143. The average molecular weight is 283 g/mol. The molecule has 5 rings (SSSR count). The van der Waals surface area contributed by atoms with Gasteiger partial charge in [0.1, 0.15) is 0 Å². The van der Waals surface area contributed by atoms with Crippen LogP contribution in [0.15, 0.2) is 66.7 Å². The van der Waals surface area contributed by atoms with Gasteiger partial charge in [0.2, 0.25) is 0 Å². The van der Waals surface area contributed by atoms with Gasteiger partial charge in [0.05, 0.1) is 5.69 Å². The van der Waals surface area contributed by atoms with Crippen LogP contribution in [-0.4, -0.2) is 0 Å². The van der Waals surface area contributed by atoms with Crippen LogP contribution < -0.4 is 4.90 Å². The first-order chi connectivity index (χ1) is 10.8. The molecule has 106 valence electrons. The molecular weight excluding hydrogens is 266 g/mol. The molecule has 2 heterocycles. The Bertz CT molecular complexity index is 894. The molecule has 2 aliphatic rings. The molecule has 0 saturated carbocycles. The molecule has 0 fully saturated rings. The number of rotatable bonds is 0. The number of benzene rings is 3. The fourth-order valence-corrected chi connectivity index (χ4v) is 4.06. The van der Waals surface area contributed by atoms with E-state index in [4.69, 9.17) is 0 Å². The van der Waals surface area contributed by atoms with E-state index in [-0.39, 0.29) is 0 Å². The molecule has 1 heteroatoms. The minimum absolute atomic E-state index is 0.452. The van der Waals surface area contributed by atoms with E-state index in [1.807, 2.05) is 0 Å². The summed E-state index contributed by atoms with van der Waals surface area (Å²) in [4.78, 5) is 2.47. The van der Waals surface area contributed by atoms with Crippen LogP contribution in [-0.2, 0) is 6.42 Å². The van der Waals surface area contributed by atoms with Crippen LogP contribution in [0.5, 0.6) is 0 Å². The largest absolute Gasteiger partial charge is 0.309 e. The van der Waals surface area contributed by atoms with Gasteiger partial charge in [-0.3, -0.25) is 0 Å². The van der Waals surface area contributed by atoms with Gasteiger partial charge in [-0.15, -0.1) is 0 Å². The van der Waals surface area contributed by atoms with E-state index in [2.05, 4.69) is 78.6 Å². The van der Waals surface area contributed by atoms with Crippen LogP contribution in [0.25, 0.3) is 0 Å². The van der Waals surface area contributed by atoms with Gasteiger partial charge in [0.25, 0.3) is 0 Å². The van der Waals surface area contributed by atoms with Gasteiger partial charge in [-0.05, 0) is 34.4 Å². The molecule has 0 saturated heterocycles. The van der Waals surface area contributed by atoms with E-state index in [0.717, 1.165) is 6.42 Å². The van der Waals surface area contributed by atoms with Gasteiger partial charge in [-0.1, -0.05) is 61.5 Å². The van der Waals surface area contributed by atoms with Crippen LogP contribution in [0, 0.1) is 0 Å².